The van der Waals surface area contributed by atoms with Crippen molar-refractivity contribution in [2.24, 2.45) is 11.1 Å². The first kappa shape index (κ1) is 13.7. The SMILES string of the molecule is NCC1(C(O)c2coc3ccccc23)CCCCCC1. The molecule has 1 aliphatic rings. The molecule has 0 radical (unpaired) electrons. The van der Waals surface area contributed by atoms with E-state index in [1.54, 1.807) is 6.26 Å². The van der Waals surface area contributed by atoms with Gasteiger partial charge in [0.25, 0.3) is 0 Å². The van der Waals surface area contributed by atoms with Crippen LogP contribution < -0.4 is 5.73 Å². The van der Waals surface area contributed by atoms with Gasteiger partial charge in [-0.1, -0.05) is 43.9 Å². The maximum Gasteiger partial charge on any atom is 0.134 e. The molecule has 1 saturated carbocycles. The van der Waals surface area contributed by atoms with Gasteiger partial charge >= 0.3 is 0 Å². The summed E-state index contributed by atoms with van der Waals surface area (Å²) in [7, 11) is 0. The Hall–Kier alpha value is -1.32. The summed E-state index contributed by atoms with van der Waals surface area (Å²) in [4.78, 5) is 0. The zero-order valence-corrected chi connectivity index (χ0v) is 11.8. The lowest BCUT2D eigenvalue weighted by atomic mass is 9.73. The number of fused-ring (bicyclic) bond motifs is 1. The summed E-state index contributed by atoms with van der Waals surface area (Å²) in [5.41, 5.74) is 7.61. The quantitative estimate of drug-likeness (QED) is 0.837. The van der Waals surface area contributed by atoms with Gasteiger partial charge < -0.3 is 15.3 Å². The van der Waals surface area contributed by atoms with Crippen LogP contribution in [-0.4, -0.2) is 11.7 Å². The number of benzene rings is 1. The van der Waals surface area contributed by atoms with Crippen molar-refractivity contribution in [3.63, 3.8) is 0 Å². The Labute approximate surface area is 119 Å². The second-order valence-corrected chi connectivity index (χ2v) is 6.07. The minimum absolute atomic E-state index is 0.191. The number of rotatable bonds is 3. The molecule has 3 N–H and O–H groups in total. The van der Waals surface area contributed by atoms with Crippen molar-refractivity contribution in [2.75, 3.05) is 6.54 Å². The Morgan fingerprint density at radius 2 is 1.85 bits per heavy atom. The maximum atomic E-state index is 11.0. The van der Waals surface area contributed by atoms with Crippen molar-refractivity contribution in [2.45, 2.75) is 44.6 Å². The monoisotopic (exact) mass is 273 g/mol. The van der Waals surface area contributed by atoms with Crippen LogP contribution >= 0.6 is 0 Å². The minimum Gasteiger partial charge on any atom is -0.464 e. The van der Waals surface area contributed by atoms with E-state index in [4.69, 9.17) is 10.2 Å². The largest absolute Gasteiger partial charge is 0.464 e. The molecule has 0 bridgehead atoms. The number of para-hydroxylation sites is 1. The molecule has 0 aliphatic heterocycles. The van der Waals surface area contributed by atoms with Crippen LogP contribution in [0.3, 0.4) is 0 Å². The first-order chi connectivity index (χ1) is 9.77. The third-order valence-corrected chi connectivity index (χ3v) is 4.89. The van der Waals surface area contributed by atoms with Gasteiger partial charge in [0.2, 0.25) is 0 Å². The molecule has 108 valence electrons. The van der Waals surface area contributed by atoms with Crippen LogP contribution in [0.1, 0.15) is 50.2 Å². The van der Waals surface area contributed by atoms with Gasteiger partial charge in [0, 0.05) is 22.9 Å². The average molecular weight is 273 g/mol. The molecule has 1 atom stereocenters. The summed E-state index contributed by atoms with van der Waals surface area (Å²) in [6.07, 6.45) is 8.00. The smallest absolute Gasteiger partial charge is 0.134 e. The Kier molecular flexibility index (Phi) is 3.81. The fraction of sp³-hybridized carbons (Fsp3) is 0.529. The lowest BCUT2D eigenvalue weighted by molar-refractivity contribution is 0.0171. The van der Waals surface area contributed by atoms with Gasteiger partial charge in [-0.05, 0) is 18.9 Å². The highest BCUT2D eigenvalue weighted by Gasteiger charge is 2.39. The van der Waals surface area contributed by atoms with E-state index in [0.29, 0.717) is 6.54 Å². The van der Waals surface area contributed by atoms with Gasteiger partial charge in [-0.3, -0.25) is 0 Å². The number of nitrogens with two attached hydrogens (primary N) is 1. The highest BCUT2D eigenvalue weighted by molar-refractivity contribution is 5.81. The molecule has 2 aromatic rings. The lowest BCUT2D eigenvalue weighted by Crippen LogP contribution is -2.36. The molecular formula is C17H23NO2. The molecule has 1 heterocycles. The standard InChI is InChI=1S/C17H23NO2/c18-12-17(9-5-1-2-6-10-17)16(19)14-11-20-15-8-4-3-7-13(14)15/h3-4,7-8,11,16,19H,1-2,5-6,9-10,12,18H2. The zero-order valence-electron chi connectivity index (χ0n) is 11.8. The molecule has 20 heavy (non-hydrogen) atoms. The molecule has 1 aromatic carbocycles. The number of aliphatic hydroxyl groups is 1. The van der Waals surface area contributed by atoms with E-state index in [0.717, 1.165) is 42.2 Å². The molecule has 0 amide bonds. The van der Waals surface area contributed by atoms with Gasteiger partial charge in [0.15, 0.2) is 0 Å². The number of furan rings is 1. The number of hydrogen-bond acceptors (Lipinski definition) is 3. The molecular weight excluding hydrogens is 250 g/mol. The topological polar surface area (TPSA) is 59.4 Å². The van der Waals surface area contributed by atoms with E-state index in [1.807, 2.05) is 24.3 Å². The Morgan fingerprint density at radius 1 is 1.15 bits per heavy atom. The minimum atomic E-state index is -0.533. The first-order valence-corrected chi connectivity index (χ1v) is 7.61. The summed E-state index contributed by atoms with van der Waals surface area (Å²) < 4.78 is 5.58. The fourth-order valence-electron chi connectivity index (χ4n) is 3.56. The summed E-state index contributed by atoms with van der Waals surface area (Å²) >= 11 is 0. The predicted molar refractivity (Wildman–Crippen MR) is 80.4 cm³/mol. The van der Waals surface area contributed by atoms with E-state index < -0.39 is 6.10 Å². The van der Waals surface area contributed by atoms with Crippen molar-refractivity contribution in [1.29, 1.82) is 0 Å². The molecule has 0 spiro atoms. The van der Waals surface area contributed by atoms with Gasteiger partial charge in [0.05, 0.1) is 12.4 Å². The third kappa shape index (κ3) is 2.25. The molecule has 3 heteroatoms. The summed E-state index contributed by atoms with van der Waals surface area (Å²) in [5.74, 6) is 0. The van der Waals surface area contributed by atoms with Crippen LogP contribution in [0.5, 0.6) is 0 Å². The number of aliphatic hydroxyl groups excluding tert-OH is 1. The Morgan fingerprint density at radius 3 is 2.55 bits per heavy atom. The fourth-order valence-corrected chi connectivity index (χ4v) is 3.56. The third-order valence-electron chi connectivity index (χ3n) is 4.89. The molecule has 1 aliphatic carbocycles. The average Bonchev–Trinajstić information content (AvgIpc) is 2.76. The van der Waals surface area contributed by atoms with Crippen molar-refractivity contribution in [3.8, 4) is 0 Å². The summed E-state index contributed by atoms with van der Waals surface area (Å²) in [5, 5.41) is 12.0. The van der Waals surface area contributed by atoms with Crippen molar-refractivity contribution in [3.05, 3.63) is 36.1 Å². The van der Waals surface area contributed by atoms with Crippen LogP contribution in [-0.2, 0) is 0 Å². The van der Waals surface area contributed by atoms with Gasteiger partial charge in [-0.25, -0.2) is 0 Å². The summed E-state index contributed by atoms with van der Waals surface area (Å²) in [6, 6.07) is 7.88. The van der Waals surface area contributed by atoms with Crippen molar-refractivity contribution in [1.82, 2.24) is 0 Å². The van der Waals surface area contributed by atoms with E-state index >= 15 is 0 Å². The van der Waals surface area contributed by atoms with Crippen LogP contribution in [0.4, 0.5) is 0 Å². The van der Waals surface area contributed by atoms with Crippen LogP contribution in [0, 0.1) is 5.41 Å². The molecule has 1 aromatic heterocycles. The molecule has 3 rings (SSSR count). The number of hydrogen-bond donors (Lipinski definition) is 2. The van der Waals surface area contributed by atoms with Gasteiger partial charge in [-0.15, -0.1) is 0 Å². The molecule has 1 fully saturated rings. The second-order valence-electron chi connectivity index (χ2n) is 6.07. The lowest BCUT2D eigenvalue weighted by Gasteiger charge is -2.36. The normalized spacial score (nSPS) is 20.7. The van der Waals surface area contributed by atoms with E-state index in [9.17, 15) is 5.11 Å². The van der Waals surface area contributed by atoms with Gasteiger partial charge in [0.1, 0.15) is 5.58 Å². The Bertz CT molecular complexity index is 567. The first-order valence-electron chi connectivity index (χ1n) is 7.61. The molecule has 3 nitrogen and oxygen atoms in total. The van der Waals surface area contributed by atoms with Crippen molar-refractivity contribution >= 4 is 11.0 Å². The Balaban J connectivity index is 1.98. The highest BCUT2D eigenvalue weighted by atomic mass is 16.3. The van der Waals surface area contributed by atoms with Crippen molar-refractivity contribution < 1.29 is 9.52 Å². The van der Waals surface area contributed by atoms with Crippen LogP contribution in [0.25, 0.3) is 11.0 Å². The highest BCUT2D eigenvalue weighted by Crippen LogP contribution is 2.46. The predicted octanol–water partition coefficient (Wildman–Crippen LogP) is 3.77. The van der Waals surface area contributed by atoms with Gasteiger partial charge in [-0.2, -0.15) is 0 Å². The molecule has 0 saturated heterocycles. The molecule has 1 unspecified atom stereocenters. The second kappa shape index (κ2) is 5.58. The zero-order chi connectivity index (χ0) is 14.0. The summed E-state index contributed by atoms with van der Waals surface area (Å²) in [6.45, 7) is 0.535. The van der Waals surface area contributed by atoms with E-state index in [2.05, 4.69) is 0 Å². The maximum absolute atomic E-state index is 11.0. The van der Waals surface area contributed by atoms with E-state index in [1.165, 1.54) is 12.8 Å². The van der Waals surface area contributed by atoms with Crippen LogP contribution in [0.2, 0.25) is 0 Å². The van der Waals surface area contributed by atoms with E-state index in [-0.39, 0.29) is 5.41 Å². The van der Waals surface area contributed by atoms with Crippen LogP contribution in [0.15, 0.2) is 34.9 Å².